The molecule has 0 aliphatic rings. The maximum Gasteiger partial charge on any atom is 0.320 e. The van der Waals surface area contributed by atoms with Crippen LogP contribution in [0.25, 0.3) is 0 Å². The van der Waals surface area contributed by atoms with Crippen molar-refractivity contribution in [1.82, 2.24) is 0 Å². The van der Waals surface area contributed by atoms with Crippen molar-refractivity contribution in [2.75, 3.05) is 12.9 Å². The maximum atomic E-state index is 11.8. The molecule has 0 heterocycles. The Kier molecular flexibility index (Phi) is 4.74. The molecular formula is C14H20O4S. The summed E-state index contributed by atoms with van der Waals surface area (Å²) in [5, 5.41) is 0. The Balaban J connectivity index is 2.81. The summed E-state index contributed by atoms with van der Waals surface area (Å²) in [6.07, 6.45) is 0. The molecule has 0 aromatic heterocycles. The van der Waals surface area contributed by atoms with E-state index in [9.17, 15) is 13.2 Å². The van der Waals surface area contributed by atoms with E-state index in [4.69, 9.17) is 0 Å². The molecule has 0 amide bonds. The van der Waals surface area contributed by atoms with E-state index in [1.165, 1.54) is 7.11 Å². The average Bonchev–Trinajstić information content (AvgIpc) is 2.27. The number of hydrogen-bond acceptors (Lipinski definition) is 4. The lowest BCUT2D eigenvalue weighted by molar-refractivity contribution is -0.137. The third-order valence-corrected chi connectivity index (χ3v) is 4.22. The first-order valence-electron chi connectivity index (χ1n) is 6.01. The van der Waals surface area contributed by atoms with Gasteiger partial charge in [0.05, 0.1) is 12.9 Å². The van der Waals surface area contributed by atoms with Gasteiger partial charge in [0, 0.05) is 0 Å². The van der Waals surface area contributed by atoms with E-state index in [0.717, 1.165) is 5.56 Å². The van der Waals surface area contributed by atoms with Crippen LogP contribution >= 0.6 is 0 Å². The number of carbonyl (C=O) groups is 1. The minimum Gasteiger partial charge on any atom is -0.468 e. The van der Waals surface area contributed by atoms with Crippen LogP contribution in [0.1, 0.15) is 31.9 Å². The van der Waals surface area contributed by atoms with Gasteiger partial charge in [-0.25, -0.2) is 8.42 Å². The largest absolute Gasteiger partial charge is 0.468 e. The molecule has 5 heteroatoms. The predicted octanol–water partition coefficient (Wildman–Crippen LogP) is 2.07. The highest BCUT2D eigenvalue weighted by Gasteiger charge is 2.18. The van der Waals surface area contributed by atoms with E-state index in [1.54, 1.807) is 12.1 Å². The molecule has 106 valence electrons. The van der Waals surface area contributed by atoms with E-state index in [2.05, 4.69) is 25.5 Å². The zero-order valence-corrected chi connectivity index (χ0v) is 12.6. The van der Waals surface area contributed by atoms with Gasteiger partial charge in [-0.1, -0.05) is 45.0 Å². The summed E-state index contributed by atoms with van der Waals surface area (Å²) in [4.78, 5) is 11.0. The summed E-state index contributed by atoms with van der Waals surface area (Å²) >= 11 is 0. The summed E-state index contributed by atoms with van der Waals surface area (Å²) in [5.74, 6) is -1.46. The second-order valence-electron chi connectivity index (χ2n) is 5.56. The van der Waals surface area contributed by atoms with Crippen molar-refractivity contribution < 1.29 is 17.9 Å². The Morgan fingerprint density at radius 1 is 1.16 bits per heavy atom. The minimum atomic E-state index is -3.47. The van der Waals surface area contributed by atoms with Crippen molar-refractivity contribution in [3.8, 4) is 0 Å². The van der Waals surface area contributed by atoms with Gasteiger partial charge in [-0.05, 0) is 16.5 Å². The van der Waals surface area contributed by atoms with Crippen LogP contribution in [-0.2, 0) is 30.5 Å². The molecule has 1 rings (SSSR count). The molecule has 0 saturated carbocycles. The molecule has 0 saturated heterocycles. The second kappa shape index (κ2) is 5.74. The standard InChI is InChI=1S/C14H20O4S/c1-14(2,3)12-7-5-11(6-8-12)9-19(16,17)10-13(15)18-4/h5-8H,9-10H2,1-4H3. The van der Waals surface area contributed by atoms with E-state index >= 15 is 0 Å². The highest BCUT2D eigenvalue weighted by atomic mass is 32.2. The molecule has 0 spiro atoms. The Hall–Kier alpha value is -1.36. The fourth-order valence-corrected chi connectivity index (χ4v) is 2.92. The number of methoxy groups -OCH3 is 1. The van der Waals surface area contributed by atoms with Gasteiger partial charge in [0.2, 0.25) is 0 Å². The van der Waals surface area contributed by atoms with Crippen LogP contribution in [0.3, 0.4) is 0 Å². The monoisotopic (exact) mass is 284 g/mol. The summed E-state index contributed by atoms with van der Waals surface area (Å²) in [6, 6.07) is 7.41. The molecule has 1 aromatic rings. The number of ether oxygens (including phenoxy) is 1. The summed E-state index contributed by atoms with van der Waals surface area (Å²) in [7, 11) is -2.29. The quantitative estimate of drug-likeness (QED) is 0.794. The number of carbonyl (C=O) groups excluding carboxylic acids is 1. The van der Waals surface area contributed by atoms with Gasteiger partial charge < -0.3 is 4.74 Å². The third-order valence-electron chi connectivity index (χ3n) is 2.77. The van der Waals surface area contributed by atoms with Crippen LogP contribution in [0.5, 0.6) is 0 Å². The molecule has 0 N–H and O–H groups in total. The van der Waals surface area contributed by atoms with E-state index in [-0.39, 0.29) is 11.2 Å². The topological polar surface area (TPSA) is 60.4 Å². The summed E-state index contributed by atoms with van der Waals surface area (Å²) < 4.78 is 27.9. The van der Waals surface area contributed by atoms with Gasteiger partial charge in [0.15, 0.2) is 9.84 Å². The Labute approximate surface area is 114 Å². The summed E-state index contributed by atoms with van der Waals surface area (Å²) in [5.41, 5.74) is 1.85. The lowest BCUT2D eigenvalue weighted by Crippen LogP contribution is -2.19. The molecular weight excluding hydrogens is 264 g/mol. The SMILES string of the molecule is COC(=O)CS(=O)(=O)Cc1ccc(C(C)(C)C)cc1. The van der Waals surface area contributed by atoms with Crippen LogP contribution in [0.4, 0.5) is 0 Å². The van der Waals surface area contributed by atoms with Gasteiger partial charge in [0.1, 0.15) is 5.75 Å². The average molecular weight is 284 g/mol. The van der Waals surface area contributed by atoms with Gasteiger partial charge >= 0.3 is 5.97 Å². The zero-order valence-electron chi connectivity index (χ0n) is 11.8. The van der Waals surface area contributed by atoms with Crippen molar-refractivity contribution in [2.45, 2.75) is 31.9 Å². The van der Waals surface area contributed by atoms with Crippen LogP contribution in [-0.4, -0.2) is 27.2 Å². The van der Waals surface area contributed by atoms with Crippen molar-refractivity contribution in [1.29, 1.82) is 0 Å². The van der Waals surface area contributed by atoms with E-state index < -0.39 is 21.6 Å². The molecule has 0 radical (unpaired) electrons. The van der Waals surface area contributed by atoms with Gasteiger partial charge in [-0.3, -0.25) is 4.79 Å². The highest BCUT2D eigenvalue weighted by Crippen LogP contribution is 2.22. The first-order valence-corrected chi connectivity index (χ1v) is 7.83. The first kappa shape index (κ1) is 15.7. The minimum absolute atomic E-state index is 0.0312. The normalized spacial score (nSPS) is 12.2. The highest BCUT2D eigenvalue weighted by molar-refractivity contribution is 7.91. The molecule has 0 aliphatic heterocycles. The van der Waals surface area contributed by atoms with Crippen LogP contribution in [0, 0.1) is 0 Å². The predicted molar refractivity (Wildman–Crippen MR) is 74.6 cm³/mol. The molecule has 0 bridgehead atoms. The molecule has 4 nitrogen and oxygen atoms in total. The molecule has 0 unspecified atom stereocenters. The van der Waals surface area contributed by atoms with Crippen LogP contribution in [0.15, 0.2) is 24.3 Å². The molecule has 1 aromatic carbocycles. The molecule has 0 aliphatic carbocycles. The van der Waals surface area contributed by atoms with Crippen molar-refractivity contribution >= 4 is 15.8 Å². The summed E-state index contributed by atoms with van der Waals surface area (Å²) in [6.45, 7) is 6.28. The zero-order chi connectivity index (χ0) is 14.7. The van der Waals surface area contributed by atoms with Crippen molar-refractivity contribution in [2.24, 2.45) is 0 Å². The first-order chi connectivity index (χ1) is 8.64. The number of esters is 1. The van der Waals surface area contributed by atoms with E-state index in [0.29, 0.717) is 5.56 Å². The smallest absolute Gasteiger partial charge is 0.320 e. The van der Waals surface area contributed by atoms with Gasteiger partial charge in [0.25, 0.3) is 0 Å². The van der Waals surface area contributed by atoms with Crippen LogP contribution in [0.2, 0.25) is 0 Å². The van der Waals surface area contributed by atoms with E-state index in [1.807, 2.05) is 12.1 Å². The molecule has 0 fully saturated rings. The Morgan fingerprint density at radius 2 is 1.68 bits per heavy atom. The lowest BCUT2D eigenvalue weighted by Gasteiger charge is -2.19. The third kappa shape index (κ3) is 5.03. The van der Waals surface area contributed by atoms with Crippen molar-refractivity contribution in [3.05, 3.63) is 35.4 Å². The van der Waals surface area contributed by atoms with Gasteiger partial charge in [-0.15, -0.1) is 0 Å². The fourth-order valence-electron chi connectivity index (χ4n) is 1.64. The fraction of sp³-hybridized carbons (Fsp3) is 0.500. The molecule has 0 atom stereocenters. The van der Waals surface area contributed by atoms with Crippen molar-refractivity contribution in [3.63, 3.8) is 0 Å². The second-order valence-corrected chi connectivity index (χ2v) is 7.62. The van der Waals surface area contributed by atoms with Gasteiger partial charge in [-0.2, -0.15) is 0 Å². The lowest BCUT2D eigenvalue weighted by atomic mass is 9.87. The number of hydrogen-bond donors (Lipinski definition) is 0. The number of rotatable bonds is 4. The Bertz CT molecular complexity index is 536. The number of benzene rings is 1. The number of sulfone groups is 1. The maximum absolute atomic E-state index is 11.8. The van der Waals surface area contributed by atoms with Crippen LogP contribution < -0.4 is 0 Å². The Morgan fingerprint density at radius 3 is 2.11 bits per heavy atom. The molecule has 19 heavy (non-hydrogen) atoms.